The van der Waals surface area contributed by atoms with Gasteiger partial charge in [-0.3, -0.25) is 0 Å². The average molecular weight is 260 g/mol. The Balaban J connectivity index is 2.43. The van der Waals surface area contributed by atoms with Crippen LogP contribution in [-0.2, 0) is 4.74 Å². The number of anilines is 1. The van der Waals surface area contributed by atoms with Crippen molar-refractivity contribution < 1.29 is 14.6 Å². The number of fused-ring (bicyclic) bond motifs is 1. The quantitative estimate of drug-likeness (QED) is 0.863. The summed E-state index contributed by atoms with van der Waals surface area (Å²) in [5.41, 5.74) is 0.909. The Morgan fingerprint density at radius 3 is 2.89 bits per heavy atom. The van der Waals surface area contributed by atoms with E-state index >= 15 is 0 Å². The van der Waals surface area contributed by atoms with Crippen LogP contribution in [0.3, 0.4) is 0 Å². The lowest BCUT2D eigenvalue weighted by molar-refractivity contribution is 0.0699. The molecule has 0 fully saturated rings. The van der Waals surface area contributed by atoms with E-state index in [0.29, 0.717) is 23.3 Å². The first-order chi connectivity index (χ1) is 9.11. The number of nitrogens with zero attached hydrogens (tertiary/aromatic N) is 1. The van der Waals surface area contributed by atoms with Crippen LogP contribution in [0.25, 0.3) is 10.9 Å². The maximum Gasteiger partial charge on any atom is 0.336 e. The van der Waals surface area contributed by atoms with Gasteiger partial charge in [0.05, 0.1) is 17.7 Å². The van der Waals surface area contributed by atoms with Crippen molar-refractivity contribution in [1.29, 1.82) is 0 Å². The summed E-state index contributed by atoms with van der Waals surface area (Å²) < 4.78 is 5.03. The summed E-state index contributed by atoms with van der Waals surface area (Å²) in [6, 6.07) is 8.81. The molecule has 2 rings (SSSR count). The fourth-order valence-corrected chi connectivity index (χ4v) is 1.97. The van der Waals surface area contributed by atoms with E-state index in [1.807, 2.05) is 13.0 Å². The monoisotopic (exact) mass is 260 g/mol. The van der Waals surface area contributed by atoms with E-state index in [-0.39, 0.29) is 11.6 Å². The third-order valence-corrected chi connectivity index (χ3v) is 2.76. The Bertz CT molecular complexity index is 598. The summed E-state index contributed by atoms with van der Waals surface area (Å²) in [5.74, 6) is -0.415. The number of nitrogens with one attached hydrogen (secondary N) is 1. The van der Waals surface area contributed by atoms with E-state index in [9.17, 15) is 9.90 Å². The zero-order valence-electron chi connectivity index (χ0n) is 10.9. The van der Waals surface area contributed by atoms with Gasteiger partial charge in [0.15, 0.2) is 0 Å². The number of pyridine rings is 1. The number of hydrogen-bond donors (Lipinski definition) is 2. The molecule has 0 aliphatic rings. The Morgan fingerprint density at radius 1 is 1.47 bits per heavy atom. The van der Waals surface area contributed by atoms with Gasteiger partial charge in [0, 0.05) is 18.5 Å². The maximum absolute atomic E-state index is 11.3. The minimum atomic E-state index is -0.957. The third kappa shape index (κ3) is 3.00. The molecule has 1 atom stereocenters. The number of rotatable bonds is 5. The van der Waals surface area contributed by atoms with Crippen LogP contribution in [0.5, 0.6) is 0 Å². The van der Waals surface area contributed by atoms with Crippen molar-refractivity contribution in [3.05, 3.63) is 35.9 Å². The highest BCUT2D eigenvalue weighted by Gasteiger charge is 2.12. The first-order valence-electron chi connectivity index (χ1n) is 6.00. The molecule has 1 aromatic carbocycles. The summed E-state index contributed by atoms with van der Waals surface area (Å²) in [6.45, 7) is 2.47. The maximum atomic E-state index is 11.3. The molecule has 1 heterocycles. The summed E-state index contributed by atoms with van der Waals surface area (Å²) in [5, 5.41) is 13.0. The molecule has 0 aliphatic heterocycles. The van der Waals surface area contributed by atoms with Crippen LogP contribution < -0.4 is 5.32 Å². The second-order valence-corrected chi connectivity index (χ2v) is 4.38. The first kappa shape index (κ1) is 13.3. The minimum absolute atomic E-state index is 0.0558. The molecule has 1 aromatic heterocycles. The zero-order chi connectivity index (χ0) is 13.8. The predicted molar refractivity (Wildman–Crippen MR) is 73.7 cm³/mol. The number of benzene rings is 1. The highest BCUT2D eigenvalue weighted by molar-refractivity contribution is 6.03. The second-order valence-electron chi connectivity index (χ2n) is 4.38. The lowest BCUT2D eigenvalue weighted by atomic mass is 10.1. The molecule has 1 unspecified atom stereocenters. The van der Waals surface area contributed by atoms with E-state index in [4.69, 9.17) is 4.74 Å². The number of carbonyl (C=O) groups is 1. The molecule has 2 N–H and O–H groups in total. The number of carboxylic acid groups (broad SMARTS) is 1. The number of aromatic carboxylic acids is 1. The van der Waals surface area contributed by atoms with Crippen LogP contribution in [0.1, 0.15) is 17.3 Å². The van der Waals surface area contributed by atoms with Gasteiger partial charge in [-0.05, 0) is 19.1 Å². The fourth-order valence-electron chi connectivity index (χ4n) is 1.97. The van der Waals surface area contributed by atoms with Gasteiger partial charge >= 0.3 is 5.97 Å². The van der Waals surface area contributed by atoms with Gasteiger partial charge in [0.2, 0.25) is 0 Å². The number of para-hydroxylation sites is 1. The summed E-state index contributed by atoms with van der Waals surface area (Å²) in [7, 11) is 1.62. The van der Waals surface area contributed by atoms with E-state index < -0.39 is 5.97 Å². The zero-order valence-corrected chi connectivity index (χ0v) is 10.9. The minimum Gasteiger partial charge on any atom is -0.478 e. The second kappa shape index (κ2) is 5.67. The number of carboxylic acids is 1. The molecule has 0 radical (unpaired) electrons. The van der Waals surface area contributed by atoms with E-state index in [1.54, 1.807) is 31.4 Å². The molecule has 19 heavy (non-hydrogen) atoms. The standard InChI is InChI=1S/C14H16N2O3/c1-9(8-19-2)15-13-7-11(14(17)18)10-5-3-4-6-12(10)16-13/h3-7,9H,8H2,1-2H3,(H,15,16)(H,17,18). The topological polar surface area (TPSA) is 71.5 Å². The molecule has 0 aliphatic carbocycles. The largest absolute Gasteiger partial charge is 0.478 e. The predicted octanol–water partition coefficient (Wildman–Crippen LogP) is 2.38. The number of hydrogen-bond acceptors (Lipinski definition) is 4. The van der Waals surface area contributed by atoms with Gasteiger partial charge in [-0.2, -0.15) is 0 Å². The number of aromatic nitrogens is 1. The van der Waals surface area contributed by atoms with Crippen LogP contribution in [0, 0.1) is 0 Å². The smallest absolute Gasteiger partial charge is 0.336 e. The number of methoxy groups -OCH3 is 1. The molecule has 0 saturated carbocycles. The molecule has 100 valence electrons. The molecule has 5 nitrogen and oxygen atoms in total. The fraction of sp³-hybridized carbons (Fsp3) is 0.286. The van der Waals surface area contributed by atoms with Crippen LogP contribution >= 0.6 is 0 Å². The van der Waals surface area contributed by atoms with Crippen molar-refractivity contribution >= 4 is 22.7 Å². The van der Waals surface area contributed by atoms with Gasteiger partial charge in [-0.15, -0.1) is 0 Å². The van der Waals surface area contributed by atoms with Crippen molar-refractivity contribution in [2.75, 3.05) is 19.0 Å². The molecule has 5 heteroatoms. The molecule has 0 spiro atoms. The lowest BCUT2D eigenvalue weighted by Gasteiger charge is -2.14. The first-order valence-corrected chi connectivity index (χ1v) is 6.00. The SMILES string of the molecule is COCC(C)Nc1cc(C(=O)O)c2ccccc2n1. The molecule has 0 bridgehead atoms. The van der Waals surface area contributed by atoms with Gasteiger partial charge in [-0.1, -0.05) is 18.2 Å². The van der Waals surface area contributed by atoms with Gasteiger partial charge in [-0.25, -0.2) is 9.78 Å². The highest BCUT2D eigenvalue weighted by Crippen LogP contribution is 2.21. The average Bonchev–Trinajstić information content (AvgIpc) is 2.37. The Hall–Kier alpha value is -2.14. The molecular formula is C14H16N2O3. The lowest BCUT2D eigenvalue weighted by Crippen LogP contribution is -2.21. The Morgan fingerprint density at radius 2 is 2.21 bits per heavy atom. The van der Waals surface area contributed by atoms with E-state index in [0.717, 1.165) is 0 Å². The number of ether oxygens (including phenoxy) is 1. The van der Waals surface area contributed by atoms with Crippen LogP contribution in [0.2, 0.25) is 0 Å². The van der Waals surface area contributed by atoms with Crippen molar-refractivity contribution in [3.8, 4) is 0 Å². The highest BCUT2D eigenvalue weighted by atomic mass is 16.5. The summed E-state index contributed by atoms with van der Waals surface area (Å²) in [4.78, 5) is 15.7. The van der Waals surface area contributed by atoms with Crippen molar-refractivity contribution in [1.82, 2.24) is 4.98 Å². The molecule has 0 saturated heterocycles. The molecule has 2 aromatic rings. The van der Waals surface area contributed by atoms with Crippen molar-refractivity contribution in [2.24, 2.45) is 0 Å². The van der Waals surface area contributed by atoms with E-state index in [1.165, 1.54) is 0 Å². The van der Waals surface area contributed by atoms with Crippen molar-refractivity contribution in [3.63, 3.8) is 0 Å². The normalized spacial score (nSPS) is 12.3. The Labute approximate surface area is 111 Å². The van der Waals surface area contributed by atoms with Crippen LogP contribution in [0.4, 0.5) is 5.82 Å². The third-order valence-electron chi connectivity index (χ3n) is 2.76. The Kier molecular flexibility index (Phi) is 3.97. The van der Waals surface area contributed by atoms with Gasteiger partial charge in [0.1, 0.15) is 5.82 Å². The van der Waals surface area contributed by atoms with Crippen LogP contribution in [-0.4, -0.2) is 35.8 Å². The summed E-state index contributed by atoms with van der Waals surface area (Å²) >= 11 is 0. The van der Waals surface area contributed by atoms with Gasteiger partial charge < -0.3 is 15.2 Å². The van der Waals surface area contributed by atoms with Gasteiger partial charge in [0.25, 0.3) is 0 Å². The van der Waals surface area contributed by atoms with Crippen LogP contribution in [0.15, 0.2) is 30.3 Å². The van der Waals surface area contributed by atoms with Crippen molar-refractivity contribution in [2.45, 2.75) is 13.0 Å². The molecular weight excluding hydrogens is 244 g/mol. The molecule has 0 amide bonds. The summed E-state index contributed by atoms with van der Waals surface area (Å²) in [6.07, 6.45) is 0. The van der Waals surface area contributed by atoms with E-state index in [2.05, 4.69) is 10.3 Å².